The fourth-order valence-electron chi connectivity index (χ4n) is 4.43. The quantitative estimate of drug-likeness (QED) is 0.413. The number of carbonyl (C=O) groups excluding carboxylic acids is 1. The predicted octanol–water partition coefficient (Wildman–Crippen LogP) is 4.42. The summed E-state index contributed by atoms with van der Waals surface area (Å²) >= 11 is 0. The first kappa shape index (κ1) is 23.5. The van der Waals surface area contributed by atoms with Crippen molar-refractivity contribution in [2.45, 2.75) is 25.5 Å². The number of fused-ring (bicyclic) bond motifs is 1. The van der Waals surface area contributed by atoms with Gasteiger partial charge < -0.3 is 20.3 Å². The minimum Gasteiger partial charge on any atom is -0.435 e. The second-order valence-corrected chi connectivity index (χ2v) is 8.52. The van der Waals surface area contributed by atoms with E-state index < -0.39 is 6.61 Å². The second kappa shape index (κ2) is 10.1. The third-order valence-corrected chi connectivity index (χ3v) is 6.20. The van der Waals surface area contributed by atoms with Crippen LogP contribution in [0.2, 0.25) is 0 Å². The summed E-state index contributed by atoms with van der Waals surface area (Å²) < 4.78 is 30.7. The SMILES string of the molecule is Cn1nccc1-c1nnc(N2CCC(NC(=O)Nc3ccc(OC(F)F)cc3)CC2)c2ccccc12. The zero-order valence-electron chi connectivity index (χ0n) is 19.6. The van der Waals surface area contributed by atoms with Crippen molar-refractivity contribution in [2.24, 2.45) is 7.05 Å². The summed E-state index contributed by atoms with van der Waals surface area (Å²) in [6.45, 7) is -1.45. The Bertz CT molecular complexity index is 1350. The molecule has 0 bridgehead atoms. The summed E-state index contributed by atoms with van der Waals surface area (Å²) in [5, 5.41) is 21.1. The Morgan fingerprint density at radius 3 is 2.42 bits per heavy atom. The maximum absolute atomic E-state index is 12.4. The molecule has 9 nitrogen and oxygen atoms in total. The Balaban J connectivity index is 1.21. The van der Waals surface area contributed by atoms with Crippen LogP contribution in [0.3, 0.4) is 0 Å². The number of anilines is 2. The number of aromatic nitrogens is 4. The van der Waals surface area contributed by atoms with Crippen molar-refractivity contribution in [1.82, 2.24) is 25.3 Å². The van der Waals surface area contributed by atoms with Gasteiger partial charge in [-0.3, -0.25) is 4.68 Å². The van der Waals surface area contributed by atoms with E-state index in [1.165, 1.54) is 24.3 Å². The molecule has 36 heavy (non-hydrogen) atoms. The third kappa shape index (κ3) is 5.04. The number of amides is 2. The number of hydrogen-bond donors (Lipinski definition) is 2. The zero-order valence-corrected chi connectivity index (χ0v) is 19.6. The first-order valence-corrected chi connectivity index (χ1v) is 11.6. The van der Waals surface area contributed by atoms with Crippen molar-refractivity contribution in [1.29, 1.82) is 0 Å². The van der Waals surface area contributed by atoms with Crippen molar-refractivity contribution < 1.29 is 18.3 Å². The Kier molecular flexibility index (Phi) is 6.61. The predicted molar refractivity (Wildman–Crippen MR) is 132 cm³/mol. The monoisotopic (exact) mass is 493 g/mol. The molecule has 11 heteroatoms. The third-order valence-electron chi connectivity index (χ3n) is 6.20. The Morgan fingerprint density at radius 2 is 1.75 bits per heavy atom. The van der Waals surface area contributed by atoms with Gasteiger partial charge in [-0.2, -0.15) is 13.9 Å². The van der Waals surface area contributed by atoms with Crippen LogP contribution in [-0.2, 0) is 7.05 Å². The number of rotatable bonds is 6. The molecule has 5 rings (SSSR count). The van der Waals surface area contributed by atoms with Crippen LogP contribution in [0.15, 0.2) is 60.8 Å². The van der Waals surface area contributed by atoms with E-state index >= 15 is 0 Å². The summed E-state index contributed by atoms with van der Waals surface area (Å²) in [5.41, 5.74) is 2.17. The van der Waals surface area contributed by atoms with Crippen molar-refractivity contribution in [2.75, 3.05) is 23.3 Å². The summed E-state index contributed by atoms with van der Waals surface area (Å²) in [4.78, 5) is 14.6. The van der Waals surface area contributed by atoms with Gasteiger partial charge in [-0.05, 0) is 43.2 Å². The van der Waals surface area contributed by atoms with Crippen LogP contribution in [0.4, 0.5) is 25.1 Å². The highest BCUT2D eigenvalue weighted by molar-refractivity contribution is 5.99. The number of nitrogens with zero attached hydrogens (tertiary/aromatic N) is 5. The molecule has 186 valence electrons. The van der Waals surface area contributed by atoms with E-state index in [0.717, 1.165) is 40.8 Å². The Labute approximate surface area is 206 Å². The van der Waals surface area contributed by atoms with Crippen LogP contribution < -0.4 is 20.3 Å². The van der Waals surface area contributed by atoms with E-state index in [9.17, 15) is 13.6 Å². The highest BCUT2D eigenvalue weighted by Crippen LogP contribution is 2.32. The van der Waals surface area contributed by atoms with E-state index in [0.29, 0.717) is 18.8 Å². The van der Waals surface area contributed by atoms with Crippen molar-refractivity contribution in [3.8, 4) is 17.1 Å². The first-order chi connectivity index (χ1) is 17.5. The van der Waals surface area contributed by atoms with E-state index in [2.05, 4.69) is 41.6 Å². The number of halogens is 2. The molecule has 0 spiro atoms. The molecule has 0 atom stereocenters. The molecular weight excluding hydrogens is 468 g/mol. The number of hydrogen-bond acceptors (Lipinski definition) is 6. The van der Waals surface area contributed by atoms with Gasteiger partial charge in [0.1, 0.15) is 11.4 Å². The molecule has 1 fully saturated rings. The summed E-state index contributed by atoms with van der Waals surface area (Å²) in [5.74, 6) is 0.859. The van der Waals surface area contributed by atoms with Crippen LogP contribution in [0.25, 0.3) is 22.2 Å². The van der Waals surface area contributed by atoms with Gasteiger partial charge in [-0.25, -0.2) is 4.79 Å². The number of benzene rings is 2. The maximum atomic E-state index is 12.4. The van der Waals surface area contributed by atoms with Gasteiger partial charge in [0.2, 0.25) is 0 Å². The van der Waals surface area contributed by atoms with Crippen LogP contribution >= 0.6 is 0 Å². The summed E-state index contributed by atoms with van der Waals surface area (Å²) in [7, 11) is 1.88. The normalized spacial score (nSPS) is 14.3. The largest absolute Gasteiger partial charge is 0.435 e. The lowest BCUT2D eigenvalue weighted by Crippen LogP contribution is -2.46. The molecule has 0 radical (unpaired) electrons. The molecule has 0 saturated carbocycles. The van der Waals surface area contributed by atoms with Crippen molar-refractivity contribution in [3.05, 3.63) is 60.8 Å². The number of alkyl halides is 2. The minimum absolute atomic E-state index is 0.00405. The first-order valence-electron chi connectivity index (χ1n) is 11.6. The lowest BCUT2D eigenvalue weighted by Gasteiger charge is -2.33. The highest BCUT2D eigenvalue weighted by atomic mass is 19.3. The lowest BCUT2D eigenvalue weighted by molar-refractivity contribution is -0.0498. The minimum atomic E-state index is -2.89. The van der Waals surface area contributed by atoms with Gasteiger partial charge in [0.05, 0.1) is 5.69 Å². The lowest BCUT2D eigenvalue weighted by atomic mass is 10.0. The molecule has 2 amide bonds. The molecular formula is C25H25F2N7O2. The number of urea groups is 1. The van der Waals surface area contributed by atoms with E-state index in [1.54, 1.807) is 10.9 Å². The fourth-order valence-corrected chi connectivity index (χ4v) is 4.43. The summed E-state index contributed by atoms with van der Waals surface area (Å²) in [6.07, 6.45) is 3.23. The van der Waals surface area contributed by atoms with E-state index in [1.807, 2.05) is 31.3 Å². The molecule has 1 aliphatic heterocycles. The standard InChI is InChI=1S/C25H25F2N7O2/c1-33-21(10-13-28-33)22-19-4-2-3-5-20(19)23(32-31-22)34-14-11-17(12-15-34)30-25(35)29-16-6-8-18(9-7-16)36-24(26)27/h2-10,13,17,24H,11-12,14-15H2,1H3,(H2,29,30,35). The van der Waals surface area contributed by atoms with Gasteiger partial charge in [0.25, 0.3) is 0 Å². The summed E-state index contributed by atoms with van der Waals surface area (Å²) in [6, 6.07) is 15.4. The molecule has 2 aromatic carbocycles. The van der Waals surface area contributed by atoms with Gasteiger partial charge in [-0.15, -0.1) is 10.2 Å². The molecule has 0 aliphatic carbocycles. The van der Waals surface area contributed by atoms with Crippen molar-refractivity contribution >= 4 is 28.3 Å². The molecule has 3 heterocycles. The average Bonchev–Trinajstić information content (AvgIpc) is 3.30. The maximum Gasteiger partial charge on any atom is 0.387 e. The smallest absolute Gasteiger partial charge is 0.387 e. The topological polar surface area (TPSA) is 97.2 Å². The van der Waals surface area contributed by atoms with Gasteiger partial charge in [-0.1, -0.05) is 24.3 Å². The van der Waals surface area contributed by atoms with Crippen LogP contribution in [0, 0.1) is 0 Å². The highest BCUT2D eigenvalue weighted by Gasteiger charge is 2.24. The second-order valence-electron chi connectivity index (χ2n) is 8.52. The number of aryl methyl sites for hydroxylation is 1. The van der Waals surface area contributed by atoms with Crippen molar-refractivity contribution in [3.63, 3.8) is 0 Å². The van der Waals surface area contributed by atoms with Gasteiger partial charge in [0, 0.05) is 48.8 Å². The zero-order chi connectivity index (χ0) is 25.1. The number of nitrogens with one attached hydrogen (secondary N) is 2. The molecule has 0 unspecified atom stereocenters. The molecule has 1 saturated heterocycles. The molecule has 1 aliphatic rings. The molecule has 2 aromatic heterocycles. The average molecular weight is 494 g/mol. The van der Waals surface area contributed by atoms with Gasteiger partial charge >= 0.3 is 12.6 Å². The van der Waals surface area contributed by atoms with Crippen LogP contribution in [0.5, 0.6) is 5.75 Å². The molecule has 2 N–H and O–H groups in total. The number of ether oxygens (including phenoxy) is 1. The van der Waals surface area contributed by atoms with Crippen LogP contribution in [0.1, 0.15) is 12.8 Å². The van der Waals surface area contributed by atoms with E-state index in [-0.39, 0.29) is 17.8 Å². The fraction of sp³-hybridized carbons (Fsp3) is 0.280. The van der Waals surface area contributed by atoms with Gasteiger partial charge in [0.15, 0.2) is 5.82 Å². The van der Waals surface area contributed by atoms with Crippen LogP contribution in [-0.4, -0.2) is 51.8 Å². The number of piperidine rings is 1. The van der Waals surface area contributed by atoms with E-state index in [4.69, 9.17) is 0 Å². The molecule has 4 aromatic rings. The Morgan fingerprint density at radius 1 is 1.03 bits per heavy atom. The Hall–Kier alpha value is -4.28. The number of carbonyl (C=O) groups is 1.